The van der Waals surface area contributed by atoms with Crippen LogP contribution in [0.5, 0.6) is 0 Å². The fraction of sp³-hybridized carbons (Fsp3) is 0.333. The molecule has 0 spiro atoms. The lowest BCUT2D eigenvalue weighted by molar-refractivity contribution is 0.203. The van der Waals surface area contributed by atoms with Crippen LogP contribution in [0.25, 0.3) is 0 Å². The predicted molar refractivity (Wildman–Crippen MR) is 35.0 cm³/mol. The van der Waals surface area contributed by atoms with Gasteiger partial charge in [0.1, 0.15) is 0 Å². The summed E-state index contributed by atoms with van der Waals surface area (Å²) in [5.74, 6) is 0. The molecular weight excluding hydrogens is 120 g/mol. The van der Waals surface area contributed by atoms with Gasteiger partial charge in [-0.2, -0.15) is 0 Å². The molecule has 0 aliphatic rings. The van der Waals surface area contributed by atoms with Gasteiger partial charge in [0, 0.05) is 4.88 Å². The highest BCUT2D eigenvalue weighted by atomic mass is 32.1. The molecule has 0 amide bonds. The van der Waals surface area contributed by atoms with Crippen LogP contribution >= 0.6 is 11.3 Å². The Kier molecular flexibility index (Phi) is 1.65. The fourth-order valence-electron chi connectivity index (χ4n) is 0.529. The molecule has 2 heteroatoms. The molecule has 0 radical (unpaired) electrons. The lowest BCUT2D eigenvalue weighted by Crippen LogP contribution is -1.82. The lowest BCUT2D eigenvalue weighted by Gasteiger charge is -1.95. The summed E-state index contributed by atoms with van der Waals surface area (Å²) in [6.45, 7) is 1.77. The van der Waals surface area contributed by atoms with Crippen LogP contribution in [-0.2, 0) is 0 Å². The molecule has 1 aromatic heterocycles. The highest BCUT2D eigenvalue weighted by Crippen LogP contribution is 2.16. The molecule has 8 heavy (non-hydrogen) atoms. The van der Waals surface area contributed by atoms with Crippen molar-refractivity contribution in [1.82, 2.24) is 0 Å². The number of aliphatic hydroxyl groups excluding tert-OH is 1. The van der Waals surface area contributed by atoms with E-state index < -0.39 is 0 Å². The van der Waals surface area contributed by atoms with Crippen LogP contribution in [0.4, 0.5) is 0 Å². The van der Waals surface area contributed by atoms with E-state index in [-0.39, 0.29) is 6.10 Å². The molecule has 1 heterocycles. The summed E-state index contributed by atoms with van der Waals surface area (Å²) in [6.07, 6.45) is -0.296. The number of hydrogen-bond acceptors (Lipinski definition) is 2. The topological polar surface area (TPSA) is 20.2 Å². The van der Waals surface area contributed by atoms with Gasteiger partial charge in [-0.1, -0.05) is 6.07 Å². The van der Waals surface area contributed by atoms with Gasteiger partial charge in [-0.3, -0.25) is 0 Å². The second kappa shape index (κ2) is 2.29. The van der Waals surface area contributed by atoms with Crippen molar-refractivity contribution in [3.63, 3.8) is 0 Å². The van der Waals surface area contributed by atoms with Crippen molar-refractivity contribution in [3.8, 4) is 0 Å². The van der Waals surface area contributed by atoms with Gasteiger partial charge in [0.25, 0.3) is 0 Å². The Bertz CT molecular complexity index is 144. The Hall–Kier alpha value is -0.340. The van der Waals surface area contributed by atoms with E-state index in [0.717, 1.165) is 4.88 Å². The van der Waals surface area contributed by atoms with Gasteiger partial charge in [-0.05, 0) is 18.4 Å². The molecule has 0 saturated heterocycles. The molecule has 0 aliphatic carbocycles. The maximum Gasteiger partial charge on any atom is 0.0853 e. The van der Waals surface area contributed by atoms with Crippen molar-refractivity contribution >= 4 is 11.3 Å². The number of hydrogen-bond donors (Lipinski definition) is 1. The fourth-order valence-corrected chi connectivity index (χ4v) is 1.20. The van der Waals surface area contributed by atoms with Crippen LogP contribution in [0.1, 0.15) is 17.9 Å². The summed E-state index contributed by atoms with van der Waals surface area (Å²) in [4.78, 5) is 1.03. The Morgan fingerprint density at radius 1 is 1.75 bits per heavy atom. The monoisotopic (exact) mass is 128 g/mol. The van der Waals surface area contributed by atoms with Crippen molar-refractivity contribution in [2.45, 2.75) is 13.0 Å². The first-order valence-electron chi connectivity index (χ1n) is 2.52. The van der Waals surface area contributed by atoms with Crippen LogP contribution in [0, 0.1) is 0 Å². The van der Waals surface area contributed by atoms with E-state index in [1.807, 2.05) is 17.5 Å². The molecule has 0 fully saturated rings. The van der Waals surface area contributed by atoms with Gasteiger partial charge in [0.05, 0.1) is 6.10 Å². The molecule has 0 aliphatic heterocycles. The number of rotatable bonds is 1. The van der Waals surface area contributed by atoms with E-state index in [0.29, 0.717) is 0 Å². The van der Waals surface area contributed by atoms with E-state index in [2.05, 4.69) is 0 Å². The zero-order valence-electron chi connectivity index (χ0n) is 4.66. The smallest absolute Gasteiger partial charge is 0.0853 e. The number of thiophene rings is 1. The first-order chi connectivity index (χ1) is 3.80. The molecule has 1 aromatic rings. The minimum absolute atomic E-state index is 0.296. The first-order valence-corrected chi connectivity index (χ1v) is 3.40. The number of aliphatic hydroxyl groups is 1. The van der Waals surface area contributed by atoms with Crippen molar-refractivity contribution in [3.05, 3.63) is 22.4 Å². The molecular formula is C6H8OS. The van der Waals surface area contributed by atoms with E-state index >= 15 is 0 Å². The van der Waals surface area contributed by atoms with Crippen molar-refractivity contribution in [1.29, 1.82) is 0 Å². The third kappa shape index (κ3) is 1.08. The molecule has 0 saturated carbocycles. The van der Waals surface area contributed by atoms with Crippen LogP contribution in [0.15, 0.2) is 17.5 Å². The Morgan fingerprint density at radius 2 is 2.50 bits per heavy atom. The first kappa shape index (κ1) is 5.79. The molecule has 0 unspecified atom stereocenters. The highest BCUT2D eigenvalue weighted by Gasteiger charge is 1.97. The maximum absolute atomic E-state index is 8.92. The third-order valence-electron chi connectivity index (χ3n) is 0.955. The molecule has 0 aromatic carbocycles. The van der Waals surface area contributed by atoms with E-state index in [1.165, 1.54) is 0 Å². The summed E-state index contributed by atoms with van der Waals surface area (Å²) in [5.41, 5.74) is 0. The molecule has 1 rings (SSSR count). The minimum Gasteiger partial charge on any atom is -0.388 e. The van der Waals surface area contributed by atoms with Gasteiger partial charge in [-0.15, -0.1) is 11.3 Å². The SMILES string of the molecule is C[C@H](O)c1cccs1. The van der Waals surface area contributed by atoms with Gasteiger partial charge in [0.2, 0.25) is 0 Å². The van der Waals surface area contributed by atoms with Gasteiger partial charge >= 0.3 is 0 Å². The van der Waals surface area contributed by atoms with Crippen molar-refractivity contribution < 1.29 is 5.11 Å². The average Bonchev–Trinajstić information content (AvgIpc) is 2.12. The zero-order chi connectivity index (χ0) is 5.98. The summed E-state index contributed by atoms with van der Waals surface area (Å²) in [7, 11) is 0. The molecule has 0 bridgehead atoms. The largest absolute Gasteiger partial charge is 0.388 e. The maximum atomic E-state index is 8.92. The normalized spacial score (nSPS) is 13.8. The molecule has 1 atom stereocenters. The Morgan fingerprint density at radius 3 is 2.75 bits per heavy atom. The molecule has 44 valence electrons. The molecule has 1 N–H and O–H groups in total. The van der Waals surface area contributed by atoms with E-state index in [9.17, 15) is 0 Å². The summed E-state index contributed by atoms with van der Waals surface area (Å²) < 4.78 is 0. The highest BCUT2D eigenvalue weighted by molar-refractivity contribution is 7.10. The average molecular weight is 128 g/mol. The van der Waals surface area contributed by atoms with Crippen LogP contribution in [0.3, 0.4) is 0 Å². The van der Waals surface area contributed by atoms with Gasteiger partial charge in [0.15, 0.2) is 0 Å². The van der Waals surface area contributed by atoms with Crippen LogP contribution in [-0.4, -0.2) is 5.11 Å². The second-order valence-corrected chi connectivity index (χ2v) is 2.67. The zero-order valence-corrected chi connectivity index (χ0v) is 5.48. The predicted octanol–water partition coefficient (Wildman–Crippen LogP) is 1.80. The minimum atomic E-state index is -0.296. The van der Waals surface area contributed by atoms with E-state index in [1.54, 1.807) is 18.3 Å². The van der Waals surface area contributed by atoms with Crippen LogP contribution < -0.4 is 0 Å². The summed E-state index contributed by atoms with van der Waals surface area (Å²) >= 11 is 1.58. The second-order valence-electron chi connectivity index (χ2n) is 1.69. The standard InChI is InChI=1S/C6H8OS/c1-5(7)6-3-2-4-8-6/h2-5,7H,1H3/t5-/m0/s1. The Labute approximate surface area is 52.6 Å². The summed E-state index contributed by atoms with van der Waals surface area (Å²) in [6, 6.07) is 3.86. The van der Waals surface area contributed by atoms with Crippen LogP contribution in [0.2, 0.25) is 0 Å². The molecule has 1 nitrogen and oxygen atoms in total. The van der Waals surface area contributed by atoms with Crippen molar-refractivity contribution in [2.75, 3.05) is 0 Å². The van der Waals surface area contributed by atoms with E-state index in [4.69, 9.17) is 5.11 Å². The summed E-state index contributed by atoms with van der Waals surface area (Å²) in [5, 5.41) is 10.9. The quantitative estimate of drug-likeness (QED) is 0.611. The van der Waals surface area contributed by atoms with Gasteiger partial charge < -0.3 is 5.11 Å². The third-order valence-corrected chi connectivity index (χ3v) is 2.00. The Balaban J connectivity index is 2.77. The van der Waals surface area contributed by atoms with Gasteiger partial charge in [-0.25, -0.2) is 0 Å². The lowest BCUT2D eigenvalue weighted by atomic mass is 10.3. The van der Waals surface area contributed by atoms with Crippen molar-refractivity contribution in [2.24, 2.45) is 0 Å².